The van der Waals surface area contributed by atoms with Gasteiger partial charge in [0.25, 0.3) is 0 Å². The molecule has 0 unspecified atom stereocenters. The fourth-order valence-electron chi connectivity index (χ4n) is 1.76. The minimum atomic E-state index is -0.222. The Kier molecular flexibility index (Phi) is 4.04. The third kappa shape index (κ3) is 3.24. The molecule has 102 valence electrons. The Hall–Kier alpha value is -2.04. The van der Waals surface area contributed by atoms with E-state index < -0.39 is 0 Å². The average Bonchev–Trinajstić information content (AvgIpc) is 2.88. The van der Waals surface area contributed by atoms with E-state index in [1.807, 2.05) is 31.9 Å². The van der Waals surface area contributed by atoms with E-state index in [4.69, 9.17) is 0 Å². The molecule has 0 atom stereocenters. The quantitative estimate of drug-likeness (QED) is 0.870. The molecule has 0 aliphatic rings. The van der Waals surface area contributed by atoms with Crippen LogP contribution in [0.4, 0.5) is 15.8 Å². The zero-order chi connectivity index (χ0) is 13.8. The highest BCUT2D eigenvalue weighted by atomic mass is 19.1. The van der Waals surface area contributed by atoms with E-state index in [-0.39, 0.29) is 11.9 Å². The number of imidazole rings is 1. The summed E-state index contributed by atoms with van der Waals surface area (Å²) in [5, 5.41) is 3.13. The zero-order valence-corrected chi connectivity index (χ0v) is 11.4. The minimum absolute atomic E-state index is 0.222. The molecule has 0 aliphatic heterocycles. The lowest BCUT2D eigenvalue weighted by Gasteiger charge is -2.24. The van der Waals surface area contributed by atoms with Gasteiger partial charge in [0.1, 0.15) is 11.6 Å². The molecule has 0 saturated carbocycles. The van der Waals surface area contributed by atoms with Crippen LogP contribution in [-0.4, -0.2) is 23.1 Å². The van der Waals surface area contributed by atoms with Crippen LogP contribution in [-0.2, 0) is 6.54 Å². The summed E-state index contributed by atoms with van der Waals surface area (Å²) in [6.45, 7) is 4.61. The van der Waals surface area contributed by atoms with Crippen LogP contribution in [0, 0.1) is 5.82 Å². The van der Waals surface area contributed by atoms with E-state index in [9.17, 15) is 4.39 Å². The molecule has 0 spiro atoms. The first-order valence-electron chi connectivity index (χ1n) is 6.32. The van der Waals surface area contributed by atoms with Crippen molar-refractivity contribution in [2.45, 2.75) is 26.4 Å². The molecule has 0 radical (unpaired) electrons. The molecule has 2 N–H and O–H groups in total. The van der Waals surface area contributed by atoms with Gasteiger partial charge in [0.2, 0.25) is 0 Å². The van der Waals surface area contributed by atoms with Crippen LogP contribution in [0.1, 0.15) is 19.7 Å². The van der Waals surface area contributed by atoms with Gasteiger partial charge in [-0.15, -0.1) is 0 Å². The molecule has 0 bridgehead atoms. The van der Waals surface area contributed by atoms with Gasteiger partial charge < -0.3 is 15.2 Å². The first-order chi connectivity index (χ1) is 9.08. The number of aromatic amines is 1. The maximum absolute atomic E-state index is 14.0. The van der Waals surface area contributed by atoms with E-state index in [1.54, 1.807) is 18.5 Å². The Bertz CT molecular complexity index is 522. The Morgan fingerprint density at radius 3 is 2.79 bits per heavy atom. The predicted octanol–water partition coefficient (Wildman–Crippen LogP) is 3.01. The lowest BCUT2D eigenvalue weighted by Crippen LogP contribution is -2.26. The number of nitrogens with zero attached hydrogens (tertiary/aromatic N) is 2. The van der Waals surface area contributed by atoms with E-state index in [1.165, 1.54) is 6.07 Å². The third-order valence-electron chi connectivity index (χ3n) is 3.12. The van der Waals surface area contributed by atoms with Crippen molar-refractivity contribution >= 4 is 11.4 Å². The molecule has 19 heavy (non-hydrogen) atoms. The summed E-state index contributed by atoms with van der Waals surface area (Å²) in [5.41, 5.74) is 1.35. The second-order valence-electron chi connectivity index (χ2n) is 4.76. The normalized spacial score (nSPS) is 10.8. The second-order valence-corrected chi connectivity index (χ2v) is 4.76. The molecule has 5 heteroatoms. The molecule has 0 aliphatic carbocycles. The highest BCUT2D eigenvalue weighted by Crippen LogP contribution is 2.23. The fourth-order valence-corrected chi connectivity index (χ4v) is 1.76. The Balaban J connectivity index is 2.06. The van der Waals surface area contributed by atoms with E-state index in [0.717, 1.165) is 11.5 Å². The number of hydrogen-bond acceptors (Lipinski definition) is 3. The number of halogens is 1. The molecule has 0 amide bonds. The summed E-state index contributed by atoms with van der Waals surface area (Å²) in [4.78, 5) is 9.00. The van der Waals surface area contributed by atoms with Gasteiger partial charge in [-0.1, -0.05) is 0 Å². The van der Waals surface area contributed by atoms with Crippen molar-refractivity contribution < 1.29 is 4.39 Å². The topological polar surface area (TPSA) is 44.0 Å². The standard InChI is InChI=1S/C14H19FN4/c1-10(2)19(3)13-5-4-11(8-12(13)15)18-9-14-16-6-7-17-14/h4-8,10,18H,9H2,1-3H3,(H,16,17). The monoisotopic (exact) mass is 262 g/mol. The molecule has 1 aromatic heterocycles. The smallest absolute Gasteiger partial charge is 0.148 e. The average molecular weight is 262 g/mol. The lowest BCUT2D eigenvalue weighted by atomic mass is 10.2. The fraction of sp³-hybridized carbons (Fsp3) is 0.357. The van der Waals surface area contributed by atoms with Crippen LogP contribution in [0.2, 0.25) is 0 Å². The number of aromatic nitrogens is 2. The summed E-state index contributed by atoms with van der Waals surface area (Å²) in [7, 11) is 1.89. The molecule has 4 nitrogen and oxygen atoms in total. The van der Waals surface area contributed by atoms with Crippen molar-refractivity contribution in [3.63, 3.8) is 0 Å². The third-order valence-corrected chi connectivity index (χ3v) is 3.12. The van der Waals surface area contributed by atoms with Crippen molar-refractivity contribution in [3.05, 3.63) is 42.2 Å². The number of benzene rings is 1. The molecule has 1 heterocycles. The highest BCUT2D eigenvalue weighted by molar-refractivity contribution is 5.56. The maximum atomic E-state index is 14.0. The van der Waals surface area contributed by atoms with E-state index >= 15 is 0 Å². The van der Waals surface area contributed by atoms with Crippen LogP contribution in [0.25, 0.3) is 0 Å². The SMILES string of the molecule is CC(C)N(C)c1ccc(NCc2ncc[nH]2)cc1F. The molecular weight excluding hydrogens is 243 g/mol. The molecular formula is C14H19FN4. The van der Waals surface area contributed by atoms with Crippen LogP contribution >= 0.6 is 0 Å². The van der Waals surface area contributed by atoms with Crippen LogP contribution in [0.5, 0.6) is 0 Å². The van der Waals surface area contributed by atoms with Crippen molar-refractivity contribution in [1.29, 1.82) is 0 Å². The van der Waals surface area contributed by atoms with E-state index in [2.05, 4.69) is 15.3 Å². The largest absolute Gasteiger partial charge is 0.378 e. The number of nitrogens with one attached hydrogen (secondary N) is 2. The molecule has 0 saturated heterocycles. The van der Waals surface area contributed by atoms with Crippen molar-refractivity contribution in [2.24, 2.45) is 0 Å². The van der Waals surface area contributed by atoms with Gasteiger partial charge in [0, 0.05) is 31.2 Å². The van der Waals surface area contributed by atoms with Crippen molar-refractivity contribution in [1.82, 2.24) is 9.97 Å². The van der Waals surface area contributed by atoms with Gasteiger partial charge in [-0.05, 0) is 32.0 Å². The van der Waals surface area contributed by atoms with Gasteiger partial charge in [-0.25, -0.2) is 9.37 Å². The molecule has 2 rings (SSSR count). The van der Waals surface area contributed by atoms with Crippen molar-refractivity contribution in [2.75, 3.05) is 17.3 Å². The lowest BCUT2D eigenvalue weighted by molar-refractivity contribution is 0.614. The first-order valence-corrected chi connectivity index (χ1v) is 6.32. The number of rotatable bonds is 5. The summed E-state index contributed by atoms with van der Waals surface area (Å²) in [6, 6.07) is 5.44. The molecule has 0 fully saturated rings. The van der Waals surface area contributed by atoms with E-state index in [0.29, 0.717) is 12.2 Å². The van der Waals surface area contributed by atoms with Crippen LogP contribution in [0.15, 0.2) is 30.6 Å². The van der Waals surface area contributed by atoms with Crippen molar-refractivity contribution in [3.8, 4) is 0 Å². The summed E-state index contributed by atoms with van der Waals surface area (Å²) < 4.78 is 14.0. The number of hydrogen-bond donors (Lipinski definition) is 2. The van der Waals surface area contributed by atoms with Gasteiger partial charge in [0.05, 0.1) is 12.2 Å². The molecule has 2 aromatic rings. The summed E-state index contributed by atoms with van der Waals surface area (Å²) >= 11 is 0. The Morgan fingerprint density at radius 1 is 1.42 bits per heavy atom. The second kappa shape index (κ2) is 5.73. The molecule has 1 aromatic carbocycles. The summed E-state index contributed by atoms with van der Waals surface area (Å²) in [5.74, 6) is 0.601. The minimum Gasteiger partial charge on any atom is -0.378 e. The number of anilines is 2. The van der Waals surface area contributed by atoms with Gasteiger partial charge in [-0.2, -0.15) is 0 Å². The Morgan fingerprint density at radius 2 is 2.21 bits per heavy atom. The Labute approximate surface area is 112 Å². The number of H-pyrrole nitrogens is 1. The highest BCUT2D eigenvalue weighted by Gasteiger charge is 2.10. The van der Waals surface area contributed by atoms with Crippen LogP contribution in [0.3, 0.4) is 0 Å². The summed E-state index contributed by atoms with van der Waals surface area (Å²) in [6.07, 6.45) is 3.45. The maximum Gasteiger partial charge on any atom is 0.148 e. The van der Waals surface area contributed by atoms with Gasteiger partial charge in [0.15, 0.2) is 0 Å². The van der Waals surface area contributed by atoms with Gasteiger partial charge >= 0.3 is 0 Å². The first kappa shape index (κ1) is 13.4. The van der Waals surface area contributed by atoms with Crippen LogP contribution < -0.4 is 10.2 Å². The zero-order valence-electron chi connectivity index (χ0n) is 11.4. The van der Waals surface area contributed by atoms with Gasteiger partial charge in [-0.3, -0.25) is 0 Å². The predicted molar refractivity (Wildman–Crippen MR) is 75.9 cm³/mol.